The van der Waals surface area contributed by atoms with Crippen molar-refractivity contribution in [1.82, 2.24) is 10.6 Å². The third-order valence-corrected chi connectivity index (χ3v) is 3.37. The average molecular weight is 268 g/mol. The van der Waals surface area contributed by atoms with Crippen molar-refractivity contribution in [3.8, 4) is 0 Å². The second-order valence-electron chi connectivity index (χ2n) is 4.88. The molecule has 1 aliphatic rings. The number of aliphatic hydroxyl groups is 1. The van der Waals surface area contributed by atoms with Crippen molar-refractivity contribution in [2.75, 3.05) is 13.2 Å². The summed E-state index contributed by atoms with van der Waals surface area (Å²) in [6.07, 6.45) is 8.34. The Bertz CT molecular complexity index is 336. The zero-order chi connectivity index (χ0) is 14.1. The number of carbonyl (C=O) groups excluding carboxylic acids is 2. The molecule has 0 aromatic carbocycles. The van der Waals surface area contributed by atoms with Crippen LogP contribution in [0.4, 0.5) is 0 Å². The molecule has 1 atom stereocenters. The fraction of sp³-hybridized carbons (Fsp3) is 0.714. The number of allylic oxidation sites excluding steroid dienone is 1. The van der Waals surface area contributed by atoms with Crippen LogP contribution in [-0.2, 0) is 9.59 Å². The molecule has 0 aromatic rings. The molecular formula is C14H24N2O3. The molecule has 3 N–H and O–H groups in total. The van der Waals surface area contributed by atoms with Gasteiger partial charge >= 0.3 is 11.8 Å². The van der Waals surface area contributed by atoms with Gasteiger partial charge in [-0.05, 0) is 38.5 Å². The quantitative estimate of drug-likeness (QED) is 0.494. The predicted octanol–water partition coefficient (Wildman–Crippen LogP) is 0.880. The van der Waals surface area contributed by atoms with Crippen molar-refractivity contribution < 1.29 is 14.7 Å². The number of rotatable bonds is 6. The van der Waals surface area contributed by atoms with Crippen LogP contribution in [-0.4, -0.2) is 36.1 Å². The van der Waals surface area contributed by atoms with Crippen LogP contribution in [0.1, 0.15) is 45.4 Å². The van der Waals surface area contributed by atoms with Gasteiger partial charge in [-0.25, -0.2) is 0 Å². The van der Waals surface area contributed by atoms with Gasteiger partial charge in [0.25, 0.3) is 0 Å². The Morgan fingerprint density at radius 2 is 2.16 bits per heavy atom. The summed E-state index contributed by atoms with van der Waals surface area (Å²) in [6, 6.07) is -0.348. The van der Waals surface area contributed by atoms with E-state index in [0.29, 0.717) is 13.0 Å². The molecular weight excluding hydrogens is 244 g/mol. The molecule has 5 heteroatoms. The van der Waals surface area contributed by atoms with E-state index in [0.717, 1.165) is 19.3 Å². The van der Waals surface area contributed by atoms with Gasteiger partial charge in [0.1, 0.15) is 0 Å². The third kappa shape index (κ3) is 5.87. The fourth-order valence-corrected chi connectivity index (χ4v) is 2.08. The van der Waals surface area contributed by atoms with E-state index in [1.165, 1.54) is 18.4 Å². The zero-order valence-electron chi connectivity index (χ0n) is 11.6. The lowest BCUT2D eigenvalue weighted by molar-refractivity contribution is -0.139. The van der Waals surface area contributed by atoms with Crippen LogP contribution in [0.5, 0.6) is 0 Å². The number of carbonyl (C=O) groups is 2. The molecule has 108 valence electrons. The average Bonchev–Trinajstić information content (AvgIpc) is 2.45. The normalized spacial score (nSPS) is 16.4. The molecule has 0 aromatic heterocycles. The van der Waals surface area contributed by atoms with E-state index in [4.69, 9.17) is 5.11 Å². The molecule has 0 saturated carbocycles. The number of amides is 2. The Labute approximate surface area is 114 Å². The van der Waals surface area contributed by atoms with Gasteiger partial charge in [-0.3, -0.25) is 9.59 Å². The summed E-state index contributed by atoms with van der Waals surface area (Å²) in [5.41, 5.74) is 1.37. The Morgan fingerprint density at radius 1 is 1.37 bits per heavy atom. The lowest BCUT2D eigenvalue weighted by Gasteiger charge is -2.15. The second-order valence-corrected chi connectivity index (χ2v) is 4.88. The monoisotopic (exact) mass is 268 g/mol. The summed E-state index contributed by atoms with van der Waals surface area (Å²) in [6.45, 7) is 2.19. The highest BCUT2D eigenvalue weighted by molar-refractivity contribution is 6.35. The van der Waals surface area contributed by atoms with Crippen molar-refractivity contribution in [3.05, 3.63) is 11.6 Å². The van der Waals surface area contributed by atoms with Crippen molar-refractivity contribution in [3.63, 3.8) is 0 Å². The number of hydrogen-bond acceptors (Lipinski definition) is 3. The van der Waals surface area contributed by atoms with Gasteiger partial charge in [0.2, 0.25) is 0 Å². The van der Waals surface area contributed by atoms with Crippen molar-refractivity contribution >= 4 is 11.8 Å². The first kappa shape index (κ1) is 15.7. The van der Waals surface area contributed by atoms with E-state index in [2.05, 4.69) is 16.7 Å². The molecule has 0 radical (unpaired) electrons. The van der Waals surface area contributed by atoms with Crippen LogP contribution >= 0.6 is 0 Å². The summed E-state index contributed by atoms with van der Waals surface area (Å²) < 4.78 is 0. The molecule has 0 spiro atoms. The van der Waals surface area contributed by atoms with Gasteiger partial charge in [-0.1, -0.05) is 18.6 Å². The summed E-state index contributed by atoms with van der Waals surface area (Å²) >= 11 is 0. The number of aliphatic hydroxyl groups excluding tert-OH is 1. The second kappa shape index (κ2) is 8.69. The molecule has 1 aliphatic carbocycles. The summed E-state index contributed by atoms with van der Waals surface area (Å²) in [4.78, 5) is 23.0. The Balaban J connectivity index is 2.22. The van der Waals surface area contributed by atoms with Crippen LogP contribution in [0.3, 0.4) is 0 Å². The van der Waals surface area contributed by atoms with Crippen molar-refractivity contribution in [1.29, 1.82) is 0 Å². The van der Waals surface area contributed by atoms with Gasteiger partial charge in [0, 0.05) is 6.54 Å². The number of hydrogen-bond donors (Lipinski definition) is 3. The van der Waals surface area contributed by atoms with Gasteiger partial charge in [0.05, 0.1) is 12.6 Å². The maximum Gasteiger partial charge on any atom is 0.309 e. The summed E-state index contributed by atoms with van der Waals surface area (Å²) in [5.74, 6) is -1.29. The van der Waals surface area contributed by atoms with Crippen LogP contribution in [0.15, 0.2) is 11.6 Å². The maximum atomic E-state index is 11.5. The largest absolute Gasteiger partial charge is 0.394 e. The standard InChI is InChI=1S/C14H24N2O3/c1-2-12(10-17)16-14(19)13(18)15-9-8-11-6-4-3-5-7-11/h6,12,17H,2-5,7-10H2,1H3,(H,15,18)(H,16,19). The van der Waals surface area contributed by atoms with Crippen LogP contribution < -0.4 is 10.6 Å². The van der Waals surface area contributed by atoms with E-state index >= 15 is 0 Å². The van der Waals surface area contributed by atoms with Crippen LogP contribution in [0, 0.1) is 0 Å². The Hall–Kier alpha value is -1.36. The van der Waals surface area contributed by atoms with Crippen molar-refractivity contribution in [2.24, 2.45) is 0 Å². The highest BCUT2D eigenvalue weighted by atomic mass is 16.3. The van der Waals surface area contributed by atoms with E-state index < -0.39 is 11.8 Å². The molecule has 0 heterocycles. The van der Waals surface area contributed by atoms with Crippen molar-refractivity contribution in [2.45, 2.75) is 51.5 Å². The molecule has 1 unspecified atom stereocenters. The van der Waals surface area contributed by atoms with Gasteiger partial charge < -0.3 is 15.7 Å². The maximum absolute atomic E-state index is 11.5. The zero-order valence-corrected chi connectivity index (χ0v) is 11.6. The SMILES string of the molecule is CCC(CO)NC(=O)C(=O)NCCC1=CCCCC1. The molecule has 0 fully saturated rings. The topological polar surface area (TPSA) is 78.4 Å². The summed E-state index contributed by atoms with van der Waals surface area (Å²) in [5, 5.41) is 14.0. The minimum absolute atomic E-state index is 0.150. The third-order valence-electron chi connectivity index (χ3n) is 3.37. The van der Waals surface area contributed by atoms with E-state index in [-0.39, 0.29) is 12.6 Å². The molecule has 5 nitrogen and oxygen atoms in total. The first-order chi connectivity index (χ1) is 9.17. The van der Waals surface area contributed by atoms with Gasteiger partial charge in [-0.2, -0.15) is 0 Å². The predicted molar refractivity (Wildman–Crippen MR) is 73.5 cm³/mol. The molecule has 0 aliphatic heterocycles. The molecule has 19 heavy (non-hydrogen) atoms. The molecule has 0 bridgehead atoms. The fourth-order valence-electron chi connectivity index (χ4n) is 2.08. The highest BCUT2D eigenvalue weighted by Gasteiger charge is 2.16. The minimum atomic E-state index is -0.668. The smallest absolute Gasteiger partial charge is 0.309 e. The van der Waals surface area contributed by atoms with Crippen LogP contribution in [0.25, 0.3) is 0 Å². The first-order valence-corrected chi connectivity index (χ1v) is 7.04. The molecule has 1 rings (SSSR count). The van der Waals surface area contributed by atoms with E-state index in [1.54, 1.807) is 0 Å². The Morgan fingerprint density at radius 3 is 2.74 bits per heavy atom. The van der Waals surface area contributed by atoms with Gasteiger partial charge in [-0.15, -0.1) is 0 Å². The van der Waals surface area contributed by atoms with E-state index in [9.17, 15) is 9.59 Å². The number of nitrogens with one attached hydrogen (secondary N) is 2. The lowest BCUT2D eigenvalue weighted by Crippen LogP contribution is -2.45. The molecule has 2 amide bonds. The first-order valence-electron chi connectivity index (χ1n) is 7.04. The lowest BCUT2D eigenvalue weighted by atomic mass is 9.97. The van der Waals surface area contributed by atoms with E-state index in [1.807, 2.05) is 6.92 Å². The minimum Gasteiger partial charge on any atom is -0.394 e. The Kier molecular flexibility index (Phi) is 7.18. The van der Waals surface area contributed by atoms with Crippen LogP contribution in [0.2, 0.25) is 0 Å². The highest BCUT2D eigenvalue weighted by Crippen LogP contribution is 2.19. The molecule has 0 saturated heterocycles. The summed E-state index contributed by atoms with van der Waals surface area (Å²) in [7, 11) is 0. The van der Waals surface area contributed by atoms with Gasteiger partial charge in [0.15, 0.2) is 0 Å².